The second kappa shape index (κ2) is 10.7. The Hall–Kier alpha value is -4.71. The van der Waals surface area contributed by atoms with Gasteiger partial charge in [0.05, 0.1) is 11.2 Å². The van der Waals surface area contributed by atoms with Crippen LogP contribution in [0.3, 0.4) is 0 Å². The molecule has 6 nitrogen and oxygen atoms in total. The van der Waals surface area contributed by atoms with E-state index in [9.17, 15) is 4.79 Å². The first-order valence-corrected chi connectivity index (χ1v) is 12.6. The van der Waals surface area contributed by atoms with Crippen LogP contribution in [0, 0.1) is 13.8 Å². The molecule has 5 aromatic rings. The Morgan fingerprint density at radius 1 is 0.816 bits per heavy atom. The van der Waals surface area contributed by atoms with E-state index in [4.69, 9.17) is 9.97 Å². The van der Waals surface area contributed by atoms with Crippen molar-refractivity contribution >= 4 is 34.1 Å². The normalized spacial score (nSPS) is 10.8. The average Bonchev–Trinajstić information content (AvgIpc) is 2.93. The van der Waals surface area contributed by atoms with Gasteiger partial charge in [0.15, 0.2) is 0 Å². The number of hydrogen-bond acceptors (Lipinski definition) is 5. The van der Waals surface area contributed by atoms with Gasteiger partial charge in [0, 0.05) is 48.5 Å². The number of hydrogen-bond donors (Lipinski definition) is 2. The van der Waals surface area contributed by atoms with Crippen LogP contribution in [0.15, 0.2) is 91.0 Å². The van der Waals surface area contributed by atoms with E-state index >= 15 is 0 Å². The first kappa shape index (κ1) is 25.0. The minimum Gasteiger partial charge on any atom is -0.381 e. The van der Waals surface area contributed by atoms with Gasteiger partial charge in [-0.15, -0.1) is 0 Å². The van der Waals surface area contributed by atoms with Crippen molar-refractivity contribution in [3.8, 4) is 11.3 Å². The summed E-state index contributed by atoms with van der Waals surface area (Å²) in [7, 11) is 3.50. The Morgan fingerprint density at radius 3 is 2.26 bits per heavy atom. The lowest BCUT2D eigenvalue weighted by Crippen LogP contribution is -2.21. The van der Waals surface area contributed by atoms with Gasteiger partial charge in [-0.1, -0.05) is 60.7 Å². The molecule has 1 amide bonds. The molecule has 1 aromatic heterocycles. The fraction of sp³-hybridized carbons (Fsp3) is 0.156. The molecule has 190 valence electrons. The molecular formula is C32H31N5O. The van der Waals surface area contributed by atoms with Crippen molar-refractivity contribution in [1.29, 1.82) is 0 Å². The number of carbonyl (C=O) groups is 1. The molecule has 0 bridgehead atoms. The van der Waals surface area contributed by atoms with E-state index in [1.54, 1.807) is 19.0 Å². The van der Waals surface area contributed by atoms with Crippen molar-refractivity contribution < 1.29 is 4.79 Å². The lowest BCUT2D eigenvalue weighted by atomic mass is 10.0. The number of anilines is 3. The third kappa shape index (κ3) is 5.34. The van der Waals surface area contributed by atoms with Crippen molar-refractivity contribution in [1.82, 2.24) is 14.9 Å². The van der Waals surface area contributed by atoms with Crippen molar-refractivity contribution in [3.63, 3.8) is 0 Å². The highest BCUT2D eigenvalue weighted by atomic mass is 16.2. The van der Waals surface area contributed by atoms with Crippen LogP contribution in [0.1, 0.15) is 27.0 Å². The van der Waals surface area contributed by atoms with Crippen molar-refractivity contribution in [2.45, 2.75) is 20.4 Å². The molecule has 0 aliphatic carbocycles. The fourth-order valence-electron chi connectivity index (χ4n) is 4.53. The zero-order chi connectivity index (χ0) is 26.6. The van der Waals surface area contributed by atoms with Gasteiger partial charge in [0.1, 0.15) is 0 Å². The summed E-state index contributed by atoms with van der Waals surface area (Å²) in [6.07, 6.45) is 0. The third-order valence-corrected chi connectivity index (χ3v) is 6.55. The molecule has 1 heterocycles. The molecule has 2 N–H and O–H groups in total. The van der Waals surface area contributed by atoms with E-state index in [-0.39, 0.29) is 5.91 Å². The molecule has 0 saturated heterocycles. The van der Waals surface area contributed by atoms with Crippen LogP contribution in [-0.4, -0.2) is 34.9 Å². The van der Waals surface area contributed by atoms with E-state index in [1.165, 1.54) is 22.4 Å². The molecule has 0 saturated carbocycles. The highest BCUT2D eigenvalue weighted by molar-refractivity contribution is 5.98. The van der Waals surface area contributed by atoms with Gasteiger partial charge in [0.2, 0.25) is 5.95 Å². The SMILES string of the molecule is Cc1cccc(C)c1NCc1ccc(Nc2nc(-c3cccc(C(=O)N(C)C)c3)c3ccccc3n2)cc1. The molecule has 38 heavy (non-hydrogen) atoms. The summed E-state index contributed by atoms with van der Waals surface area (Å²) < 4.78 is 0. The van der Waals surface area contributed by atoms with Crippen LogP contribution in [0.2, 0.25) is 0 Å². The number of nitrogens with zero attached hydrogens (tertiary/aromatic N) is 3. The van der Waals surface area contributed by atoms with E-state index in [2.05, 4.69) is 54.8 Å². The Bertz CT molecular complexity index is 1590. The van der Waals surface area contributed by atoms with E-state index in [1.807, 2.05) is 60.7 Å². The Labute approximate surface area is 223 Å². The molecule has 0 aliphatic rings. The number of aryl methyl sites for hydroxylation is 2. The molecule has 0 radical (unpaired) electrons. The summed E-state index contributed by atoms with van der Waals surface area (Å²) in [4.78, 5) is 23.8. The summed E-state index contributed by atoms with van der Waals surface area (Å²) in [5, 5.41) is 7.85. The molecule has 0 fully saturated rings. The molecule has 0 aliphatic heterocycles. The van der Waals surface area contributed by atoms with Crippen LogP contribution < -0.4 is 10.6 Å². The fourth-order valence-corrected chi connectivity index (χ4v) is 4.53. The molecule has 6 heteroatoms. The highest BCUT2D eigenvalue weighted by Crippen LogP contribution is 2.29. The smallest absolute Gasteiger partial charge is 0.253 e. The molecule has 0 atom stereocenters. The number of aromatic nitrogens is 2. The maximum atomic E-state index is 12.6. The van der Waals surface area contributed by atoms with Crippen LogP contribution in [0.4, 0.5) is 17.3 Å². The number of para-hydroxylation sites is 2. The summed E-state index contributed by atoms with van der Waals surface area (Å²) in [6, 6.07) is 30.1. The molecular weight excluding hydrogens is 470 g/mol. The summed E-state index contributed by atoms with van der Waals surface area (Å²) in [6.45, 7) is 4.98. The van der Waals surface area contributed by atoms with Crippen molar-refractivity contribution in [3.05, 3.63) is 113 Å². The quantitative estimate of drug-likeness (QED) is 0.252. The van der Waals surface area contributed by atoms with Gasteiger partial charge in [0.25, 0.3) is 5.91 Å². The predicted molar refractivity (Wildman–Crippen MR) is 156 cm³/mol. The molecule has 0 spiro atoms. The predicted octanol–water partition coefficient (Wildman–Crippen LogP) is 6.97. The summed E-state index contributed by atoms with van der Waals surface area (Å²) >= 11 is 0. The lowest BCUT2D eigenvalue weighted by Gasteiger charge is -2.14. The number of fused-ring (bicyclic) bond motifs is 1. The highest BCUT2D eigenvalue weighted by Gasteiger charge is 2.14. The Morgan fingerprint density at radius 2 is 1.53 bits per heavy atom. The third-order valence-electron chi connectivity index (χ3n) is 6.55. The zero-order valence-corrected chi connectivity index (χ0v) is 22.1. The van der Waals surface area contributed by atoms with Crippen LogP contribution >= 0.6 is 0 Å². The summed E-state index contributed by atoms with van der Waals surface area (Å²) in [5.41, 5.74) is 8.84. The standard InChI is InChI=1S/C32H31N5O/c1-21-9-7-10-22(2)29(21)33-20-23-15-17-26(18-16-23)34-32-35-28-14-6-5-13-27(28)30(36-32)24-11-8-12-25(19-24)31(38)37(3)4/h5-19,33H,20H2,1-4H3,(H,34,35,36). The maximum Gasteiger partial charge on any atom is 0.253 e. The second-order valence-corrected chi connectivity index (χ2v) is 9.64. The monoisotopic (exact) mass is 501 g/mol. The zero-order valence-electron chi connectivity index (χ0n) is 22.1. The minimum atomic E-state index is -0.0456. The van der Waals surface area contributed by atoms with Gasteiger partial charge in [-0.2, -0.15) is 0 Å². The number of nitrogens with one attached hydrogen (secondary N) is 2. The Balaban J connectivity index is 1.40. The Kier molecular flexibility index (Phi) is 7.05. The van der Waals surface area contributed by atoms with Crippen LogP contribution in [0.5, 0.6) is 0 Å². The number of benzene rings is 4. The molecule has 4 aromatic carbocycles. The summed E-state index contributed by atoms with van der Waals surface area (Å²) in [5.74, 6) is 0.458. The number of amides is 1. The van der Waals surface area contributed by atoms with Crippen LogP contribution in [0.25, 0.3) is 22.2 Å². The lowest BCUT2D eigenvalue weighted by molar-refractivity contribution is 0.0827. The average molecular weight is 502 g/mol. The van der Waals surface area contributed by atoms with Gasteiger partial charge < -0.3 is 15.5 Å². The number of rotatable bonds is 7. The first-order valence-electron chi connectivity index (χ1n) is 12.6. The van der Waals surface area contributed by atoms with Crippen molar-refractivity contribution in [2.24, 2.45) is 0 Å². The van der Waals surface area contributed by atoms with Gasteiger partial charge in [-0.3, -0.25) is 4.79 Å². The van der Waals surface area contributed by atoms with Crippen molar-refractivity contribution in [2.75, 3.05) is 24.7 Å². The molecule has 5 rings (SSSR count). The maximum absolute atomic E-state index is 12.6. The number of carbonyl (C=O) groups excluding carboxylic acids is 1. The van der Waals surface area contributed by atoms with Gasteiger partial charge in [-0.25, -0.2) is 9.97 Å². The topological polar surface area (TPSA) is 70.2 Å². The van der Waals surface area contributed by atoms with Gasteiger partial charge in [-0.05, 0) is 60.9 Å². The van der Waals surface area contributed by atoms with Gasteiger partial charge >= 0.3 is 0 Å². The largest absolute Gasteiger partial charge is 0.381 e. The van der Waals surface area contributed by atoms with Crippen LogP contribution in [-0.2, 0) is 6.54 Å². The minimum absolute atomic E-state index is 0.0456. The van der Waals surface area contributed by atoms with E-state index in [0.717, 1.165) is 34.4 Å². The molecule has 0 unspecified atom stereocenters. The first-order chi connectivity index (χ1) is 18.4. The second-order valence-electron chi connectivity index (χ2n) is 9.64. The van der Waals surface area contributed by atoms with E-state index < -0.39 is 0 Å². The van der Waals surface area contributed by atoms with E-state index in [0.29, 0.717) is 11.5 Å².